The first-order chi connectivity index (χ1) is 6.19. The van der Waals surface area contributed by atoms with Gasteiger partial charge in [-0.25, -0.2) is 4.84 Å². The predicted octanol–water partition coefficient (Wildman–Crippen LogP) is 2.05. The van der Waals surface area contributed by atoms with E-state index < -0.39 is 0 Å². The van der Waals surface area contributed by atoms with Gasteiger partial charge in [0.2, 0.25) is 0 Å². The summed E-state index contributed by atoms with van der Waals surface area (Å²) in [5, 5.41) is 0.714. The first-order valence-electron chi connectivity index (χ1n) is 3.97. The fraction of sp³-hybridized carbons (Fsp3) is 0.200. The third-order valence-corrected chi connectivity index (χ3v) is 2.05. The number of hydrogen-bond acceptors (Lipinski definition) is 1. The first kappa shape index (κ1) is 10.3. The standard InChI is InChI=1S/C10H12ClNO/c1-4-9-7(2)5-8(11)6-10(9)12-13-3/h4-6,12H,1H2,2-3H3/p+1. The molecule has 0 saturated heterocycles. The maximum atomic E-state index is 5.90. The van der Waals surface area contributed by atoms with Gasteiger partial charge in [0, 0.05) is 16.7 Å². The molecule has 3 heteroatoms. The maximum Gasteiger partial charge on any atom is 0.170 e. The van der Waals surface area contributed by atoms with E-state index in [-0.39, 0.29) is 0 Å². The molecule has 0 aromatic heterocycles. The SMILES string of the molecule is C=Cc1c(C)cc(Cl)cc1[NH2+]OC. The van der Waals surface area contributed by atoms with Crippen molar-refractivity contribution in [2.75, 3.05) is 7.11 Å². The van der Waals surface area contributed by atoms with Crippen molar-refractivity contribution in [3.8, 4) is 0 Å². The van der Waals surface area contributed by atoms with Crippen LogP contribution in [0.25, 0.3) is 6.08 Å². The molecular weight excluding hydrogens is 186 g/mol. The summed E-state index contributed by atoms with van der Waals surface area (Å²) in [6, 6.07) is 3.76. The maximum absolute atomic E-state index is 5.90. The van der Waals surface area contributed by atoms with E-state index in [1.807, 2.05) is 19.1 Å². The van der Waals surface area contributed by atoms with Gasteiger partial charge in [-0.15, -0.1) is 0 Å². The highest BCUT2D eigenvalue weighted by Crippen LogP contribution is 2.22. The van der Waals surface area contributed by atoms with E-state index in [0.29, 0.717) is 5.02 Å². The van der Waals surface area contributed by atoms with E-state index in [4.69, 9.17) is 16.4 Å². The van der Waals surface area contributed by atoms with Gasteiger partial charge in [-0.05, 0) is 18.6 Å². The second kappa shape index (κ2) is 4.42. The fourth-order valence-electron chi connectivity index (χ4n) is 1.28. The highest BCUT2D eigenvalue weighted by molar-refractivity contribution is 6.30. The van der Waals surface area contributed by atoms with Crippen LogP contribution in [0.4, 0.5) is 5.69 Å². The van der Waals surface area contributed by atoms with Crippen molar-refractivity contribution in [3.63, 3.8) is 0 Å². The molecule has 1 rings (SSSR count). The van der Waals surface area contributed by atoms with Crippen molar-refractivity contribution in [2.24, 2.45) is 0 Å². The van der Waals surface area contributed by atoms with Crippen LogP contribution in [-0.4, -0.2) is 7.11 Å². The molecule has 0 saturated carbocycles. The van der Waals surface area contributed by atoms with Crippen molar-refractivity contribution < 1.29 is 10.3 Å². The lowest BCUT2D eigenvalue weighted by Gasteiger charge is -2.05. The Balaban J connectivity index is 3.20. The van der Waals surface area contributed by atoms with Gasteiger partial charge in [-0.2, -0.15) is 5.48 Å². The smallest absolute Gasteiger partial charge is 0.170 e. The molecule has 0 bridgehead atoms. The van der Waals surface area contributed by atoms with E-state index in [9.17, 15) is 0 Å². The lowest BCUT2D eigenvalue weighted by Crippen LogP contribution is -2.76. The van der Waals surface area contributed by atoms with Crippen LogP contribution < -0.4 is 5.48 Å². The average molecular weight is 199 g/mol. The van der Waals surface area contributed by atoms with Gasteiger partial charge in [-0.3, -0.25) is 0 Å². The minimum absolute atomic E-state index is 0.714. The molecule has 0 amide bonds. The predicted molar refractivity (Wildman–Crippen MR) is 54.9 cm³/mol. The molecule has 1 aromatic carbocycles. The molecule has 0 unspecified atom stereocenters. The quantitative estimate of drug-likeness (QED) is 0.584. The Morgan fingerprint density at radius 3 is 2.77 bits per heavy atom. The summed E-state index contributed by atoms with van der Waals surface area (Å²) in [6.45, 7) is 5.74. The monoisotopic (exact) mass is 198 g/mol. The van der Waals surface area contributed by atoms with Crippen LogP contribution in [-0.2, 0) is 4.84 Å². The summed E-state index contributed by atoms with van der Waals surface area (Å²) < 4.78 is 0. The van der Waals surface area contributed by atoms with Crippen LogP contribution >= 0.6 is 11.6 Å². The van der Waals surface area contributed by atoms with Crippen molar-refractivity contribution in [1.82, 2.24) is 0 Å². The molecule has 0 aliphatic heterocycles. The van der Waals surface area contributed by atoms with E-state index >= 15 is 0 Å². The van der Waals surface area contributed by atoms with E-state index in [1.165, 1.54) is 0 Å². The third-order valence-electron chi connectivity index (χ3n) is 1.83. The number of benzene rings is 1. The van der Waals surface area contributed by atoms with Crippen molar-refractivity contribution >= 4 is 23.4 Å². The molecular formula is C10H13ClNO+. The summed E-state index contributed by atoms with van der Waals surface area (Å²) in [4.78, 5) is 4.95. The highest BCUT2D eigenvalue weighted by atomic mass is 35.5. The molecule has 0 radical (unpaired) electrons. The van der Waals surface area contributed by atoms with Crippen molar-refractivity contribution in [3.05, 3.63) is 34.9 Å². The van der Waals surface area contributed by atoms with Crippen LogP contribution in [0.2, 0.25) is 5.02 Å². The molecule has 0 spiro atoms. The molecule has 0 aliphatic rings. The lowest BCUT2D eigenvalue weighted by molar-refractivity contribution is -0.830. The van der Waals surface area contributed by atoms with Crippen LogP contribution in [0.5, 0.6) is 0 Å². The Morgan fingerprint density at radius 1 is 1.54 bits per heavy atom. The Morgan fingerprint density at radius 2 is 2.23 bits per heavy atom. The highest BCUT2D eigenvalue weighted by Gasteiger charge is 2.07. The Bertz CT molecular complexity index is 323. The lowest BCUT2D eigenvalue weighted by atomic mass is 10.1. The van der Waals surface area contributed by atoms with Gasteiger partial charge >= 0.3 is 0 Å². The van der Waals surface area contributed by atoms with Crippen LogP contribution in [0.1, 0.15) is 11.1 Å². The topological polar surface area (TPSA) is 25.8 Å². The largest absolute Gasteiger partial charge is 0.204 e. The minimum atomic E-state index is 0.714. The zero-order chi connectivity index (χ0) is 9.84. The molecule has 0 atom stereocenters. The molecule has 1 aromatic rings. The van der Waals surface area contributed by atoms with Gasteiger partial charge in [-0.1, -0.05) is 24.3 Å². The summed E-state index contributed by atoms with van der Waals surface area (Å²) in [5.41, 5.74) is 4.79. The molecule has 0 heterocycles. The molecule has 2 nitrogen and oxygen atoms in total. The number of nitrogens with two attached hydrogens (primary N) is 1. The molecule has 13 heavy (non-hydrogen) atoms. The zero-order valence-electron chi connectivity index (χ0n) is 7.80. The van der Waals surface area contributed by atoms with Gasteiger partial charge in [0.05, 0.1) is 7.11 Å². The number of halogens is 1. The van der Waals surface area contributed by atoms with E-state index in [2.05, 4.69) is 6.58 Å². The second-order valence-corrected chi connectivity index (χ2v) is 3.22. The summed E-state index contributed by atoms with van der Waals surface area (Å²) >= 11 is 5.90. The molecule has 2 N–H and O–H groups in total. The summed E-state index contributed by atoms with van der Waals surface area (Å²) in [6.07, 6.45) is 1.80. The number of aryl methyl sites for hydroxylation is 1. The van der Waals surface area contributed by atoms with Gasteiger partial charge in [0.1, 0.15) is 0 Å². The normalized spacial score (nSPS) is 10.1. The summed E-state index contributed by atoms with van der Waals surface area (Å²) in [5.74, 6) is 0. The molecule has 0 fully saturated rings. The van der Waals surface area contributed by atoms with Gasteiger partial charge in [0.15, 0.2) is 5.69 Å². The zero-order valence-corrected chi connectivity index (χ0v) is 8.56. The van der Waals surface area contributed by atoms with Crippen LogP contribution in [0, 0.1) is 6.92 Å². The van der Waals surface area contributed by atoms with E-state index in [1.54, 1.807) is 18.7 Å². The van der Waals surface area contributed by atoms with Crippen LogP contribution in [0.3, 0.4) is 0 Å². The van der Waals surface area contributed by atoms with Gasteiger partial charge in [0.25, 0.3) is 0 Å². The first-order valence-corrected chi connectivity index (χ1v) is 4.35. The average Bonchev–Trinajstić information content (AvgIpc) is 2.04. The Labute approximate surface area is 83.1 Å². The van der Waals surface area contributed by atoms with Crippen molar-refractivity contribution in [2.45, 2.75) is 6.92 Å². The molecule has 0 aliphatic carbocycles. The van der Waals surface area contributed by atoms with E-state index in [0.717, 1.165) is 16.8 Å². The number of quaternary nitrogens is 1. The summed E-state index contributed by atoms with van der Waals surface area (Å²) in [7, 11) is 1.61. The van der Waals surface area contributed by atoms with Gasteiger partial charge < -0.3 is 0 Å². The van der Waals surface area contributed by atoms with Crippen LogP contribution in [0.15, 0.2) is 18.7 Å². The fourth-order valence-corrected chi connectivity index (χ4v) is 1.56. The molecule has 70 valence electrons. The number of rotatable bonds is 3. The third kappa shape index (κ3) is 2.31. The Kier molecular flexibility index (Phi) is 3.48. The van der Waals surface area contributed by atoms with Crippen molar-refractivity contribution in [1.29, 1.82) is 0 Å². The Hall–Kier alpha value is -0.830. The second-order valence-electron chi connectivity index (χ2n) is 2.78. The number of hydrogen-bond donors (Lipinski definition) is 1. The minimum Gasteiger partial charge on any atom is -0.204 e.